The van der Waals surface area contributed by atoms with Gasteiger partial charge in [-0.1, -0.05) is 69.2 Å². The molecule has 0 radical (unpaired) electrons. The Hall–Kier alpha value is -2.53. The molecule has 1 aliphatic heterocycles. The minimum absolute atomic E-state index is 0.169. The highest BCUT2D eigenvalue weighted by Gasteiger charge is 2.17. The molecule has 0 aliphatic carbocycles. The topological polar surface area (TPSA) is 36.9 Å². The molecular formula is C30H41FO4. The van der Waals surface area contributed by atoms with Crippen LogP contribution in [-0.2, 0) is 14.2 Å². The van der Waals surface area contributed by atoms with Crippen molar-refractivity contribution in [3.63, 3.8) is 0 Å². The summed E-state index contributed by atoms with van der Waals surface area (Å²) < 4.78 is 36.0. The van der Waals surface area contributed by atoms with Gasteiger partial charge in [-0.15, -0.1) is 0 Å². The third-order valence-electron chi connectivity index (χ3n) is 6.37. The van der Waals surface area contributed by atoms with Crippen LogP contribution in [0.1, 0.15) is 63.4 Å². The van der Waals surface area contributed by atoms with Crippen LogP contribution in [0, 0.1) is 18.7 Å². The maximum Gasteiger partial charge on any atom is 0.271 e. The molecule has 1 aliphatic rings. The monoisotopic (exact) mass is 484 g/mol. The minimum Gasteiger partial charge on any atom is -0.494 e. The molecular weight excluding hydrogens is 443 g/mol. The van der Waals surface area contributed by atoms with E-state index in [1.807, 2.05) is 36.4 Å². The number of unbranched alkanes of at least 4 members (excludes halogenated alkanes) is 8. The predicted molar refractivity (Wildman–Crippen MR) is 139 cm³/mol. The number of ether oxygens (including phenoxy) is 4. The van der Waals surface area contributed by atoms with Gasteiger partial charge in [0, 0.05) is 6.61 Å². The molecule has 5 heteroatoms. The molecule has 4 nitrogen and oxygen atoms in total. The highest BCUT2D eigenvalue weighted by atomic mass is 19.1. The van der Waals surface area contributed by atoms with Crippen molar-refractivity contribution in [1.82, 2.24) is 0 Å². The van der Waals surface area contributed by atoms with E-state index in [0.29, 0.717) is 37.2 Å². The number of rotatable bonds is 16. The zero-order chi connectivity index (χ0) is 24.7. The molecule has 1 saturated heterocycles. The summed E-state index contributed by atoms with van der Waals surface area (Å²) in [6.07, 6.45) is 11.1. The van der Waals surface area contributed by atoms with Gasteiger partial charge in [-0.3, -0.25) is 0 Å². The van der Waals surface area contributed by atoms with E-state index in [1.165, 1.54) is 44.9 Å². The Balaban J connectivity index is 1.11. The number of aryl methyl sites for hydroxylation is 1. The molecule has 1 fully saturated rings. The minimum atomic E-state index is -0.169. The van der Waals surface area contributed by atoms with Crippen molar-refractivity contribution in [1.29, 1.82) is 0 Å². The van der Waals surface area contributed by atoms with Crippen molar-refractivity contribution in [2.45, 2.75) is 64.7 Å². The van der Waals surface area contributed by atoms with Crippen LogP contribution in [-0.4, -0.2) is 33.0 Å². The number of hydrogen-bond donors (Lipinski definition) is 0. The lowest BCUT2D eigenvalue weighted by Crippen LogP contribution is -2.26. The Labute approximate surface area is 210 Å². The van der Waals surface area contributed by atoms with Crippen molar-refractivity contribution in [2.75, 3.05) is 33.0 Å². The van der Waals surface area contributed by atoms with Crippen LogP contribution in [0.3, 0.4) is 0 Å². The largest absolute Gasteiger partial charge is 0.494 e. The van der Waals surface area contributed by atoms with Gasteiger partial charge in [0.05, 0.1) is 32.3 Å². The first kappa shape index (κ1) is 27.1. The lowest BCUT2D eigenvalue weighted by Gasteiger charge is -2.24. The molecule has 0 spiro atoms. The van der Waals surface area contributed by atoms with Crippen molar-refractivity contribution >= 4 is 0 Å². The zero-order valence-electron chi connectivity index (χ0n) is 21.2. The van der Waals surface area contributed by atoms with Crippen LogP contribution in [0.15, 0.2) is 55.0 Å². The average Bonchev–Trinajstić information content (AvgIpc) is 2.87. The van der Waals surface area contributed by atoms with Gasteiger partial charge in [0.2, 0.25) is 0 Å². The van der Waals surface area contributed by atoms with E-state index in [9.17, 15) is 4.39 Å². The van der Waals surface area contributed by atoms with Crippen LogP contribution < -0.4 is 4.74 Å². The first-order chi connectivity index (χ1) is 17.1. The summed E-state index contributed by atoms with van der Waals surface area (Å²) >= 11 is 0. The summed E-state index contributed by atoms with van der Waals surface area (Å²) in [6.45, 7) is 8.99. The molecule has 2 aromatic carbocycles. The number of hydrogen-bond acceptors (Lipinski definition) is 4. The third-order valence-corrected chi connectivity index (χ3v) is 6.37. The second-order valence-corrected chi connectivity index (χ2v) is 9.45. The molecule has 192 valence electrons. The van der Waals surface area contributed by atoms with Gasteiger partial charge in [0.1, 0.15) is 11.6 Å². The first-order valence-corrected chi connectivity index (χ1v) is 13.1. The van der Waals surface area contributed by atoms with E-state index in [-0.39, 0.29) is 5.82 Å². The van der Waals surface area contributed by atoms with Crippen LogP contribution in [0.5, 0.6) is 5.75 Å². The molecule has 2 aromatic rings. The second-order valence-electron chi connectivity index (χ2n) is 9.45. The van der Waals surface area contributed by atoms with Crippen molar-refractivity contribution in [2.24, 2.45) is 5.92 Å². The highest BCUT2D eigenvalue weighted by molar-refractivity contribution is 5.64. The van der Waals surface area contributed by atoms with Gasteiger partial charge >= 0.3 is 0 Å². The van der Waals surface area contributed by atoms with E-state index >= 15 is 0 Å². The Morgan fingerprint density at radius 3 is 2.00 bits per heavy atom. The Kier molecular flexibility index (Phi) is 12.0. The summed E-state index contributed by atoms with van der Waals surface area (Å²) in [4.78, 5) is 0. The van der Waals surface area contributed by atoms with Gasteiger partial charge in [-0.05, 0) is 61.2 Å². The van der Waals surface area contributed by atoms with E-state index in [2.05, 4.69) is 6.58 Å². The van der Waals surface area contributed by atoms with Gasteiger partial charge in [-0.2, -0.15) is 0 Å². The number of benzene rings is 2. The molecule has 0 aromatic heterocycles. The van der Waals surface area contributed by atoms with Gasteiger partial charge in [0.25, 0.3) is 5.95 Å². The van der Waals surface area contributed by atoms with Crippen LogP contribution in [0.2, 0.25) is 0 Å². The van der Waals surface area contributed by atoms with E-state index < -0.39 is 0 Å². The lowest BCUT2D eigenvalue weighted by atomic mass is 10.0. The fourth-order valence-electron chi connectivity index (χ4n) is 4.11. The Bertz CT molecular complexity index is 870. The highest BCUT2D eigenvalue weighted by Crippen LogP contribution is 2.24. The second kappa shape index (κ2) is 15.5. The zero-order valence-corrected chi connectivity index (χ0v) is 21.2. The normalized spacial score (nSPS) is 13.9. The van der Waals surface area contributed by atoms with E-state index in [4.69, 9.17) is 18.9 Å². The molecule has 0 amide bonds. The quantitative estimate of drug-likeness (QED) is 0.227. The maximum absolute atomic E-state index is 13.8. The summed E-state index contributed by atoms with van der Waals surface area (Å²) in [7, 11) is 0. The van der Waals surface area contributed by atoms with Crippen LogP contribution in [0.25, 0.3) is 11.1 Å². The Morgan fingerprint density at radius 2 is 1.37 bits per heavy atom. The smallest absolute Gasteiger partial charge is 0.271 e. The SMILES string of the molecule is C=C1OCC(COCCCCCCCCCCCOc2ccc(-c3ccc(C)c(F)c3)cc2)CO1. The van der Waals surface area contributed by atoms with E-state index in [0.717, 1.165) is 42.9 Å². The van der Waals surface area contributed by atoms with Crippen molar-refractivity contribution in [3.8, 4) is 16.9 Å². The molecule has 0 unspecified atom stereocenters. The van der Waals surface area contributed by atoms with Gasteiger partial charge in [0.15, 0.2) is 0 Å². The molecule has 0 N–H and O–H groups in total. The molecule has 0 atom stereocenters. The maximum atomic E-state index is 13.8. The summed E-state index contributed by atoms with van der Waals surface area (Å²) in [5.74, 6) is 1.45. The average molecular weight is 485 g/mol. The fourth-order valence-corrected chi connectivity index (χ4v) is 4.11. The van der Waals surface area contributed by atoms with Gasteiger partial charge in [-0.25, -0.2) is 4.39 Å². The Morgan fingerprint density at radius 1 is 0.800 bits per heavy atom. The molecule has 3 rings (SSSR count). The summed E-state index contributed by atoms with van der Waals surface area (Å²) in [5.41, 5.74) is 2.56. The number of halogens is 1. The van der Waals surface area contributed by atoms with Crippen LogP contribution >= 0.6 is 0 Å². The van der Waals surface area contributed by atoms with E-state index in [1.54, 1.807) is 13.0 Å². The molecule has 0 bridgehead atoms. The van der Waals surface area contributed by atoms with Gasteiger partial charge < -0.3 is 18.9 Å². The summed E-state index contributed by atoms with van der Waals surface area (Å²) in [5, 5.41) is 0. The molecule has 1 heterocycles. The van der Waals surface area contributed by atoms with Crippen molar-refractivity contribution < 1.29 is 23.3 Å². The molecule has 0 saturated carbocycles. The van der Waals surface area contributed by atoms with Crippen molar-refractivity contribution in [3.05, 3.63) is 66.4 Å². The first-order valence-electron chi connectivity index (χ1n) is 13.1. The fraction of sp³-hybridized carbons (Fsp3) is 0.533. The van der Waals surface area contributed by atoms with Crippen LogP contribution in [0.4, 0.5) is 4.39 Å². The third kappa shape index (κ3) is 10.3. The summed E-state index contributed by atoms with van der Waals surface area (Å²) in [6, 6.07) is 13.3. The standard InChI is InChI=1S/C30H41FO4/c1-24-12-13-28(20-30(24)31)27-14-16-29(17-15-27)33-19-11-9-7-5-3-4-6-8-10-18-32-21-26-22-34-25(2)35-23-26/h12-17,20,26H,2-11,18-19,21-23H2,1H3. The lowest BCUT2D eigenvalue weighted by molar-refractivity contribution is -0.0724. The predicted octanol–water partition coefficient (Wildman–Crippen LogP) is 7.84. The molecule has 35 heavy (non-hydrogen) atoms.